The highest BCUT2D eigenvalue weighted by molar-refractivity contribution is 6.37. The summed E-state index contributed by atoms with van der Waals surface area (Å²) in [5.41, 5.74) is 2.57. The molecule has 1 N–H and O–H groups in total. The first kappa shape index (κ1) is 27.5. The van der Waals surface area contributed by atoms with Gasteiger partial charge in [0.25, 0.3) is 5.91 Å². The van der Waals surface area contributed by atoms with Gasteiger partial charge in [-0.1, -0.05) is 30.1 Å². The van der Waals surface area contributed by atoms with E-state index >= 15 is 0 Å². The molecule has 0 unspecified atom stereocenters. The van der Waals surface area contributed by atoms with E-state index in [1.807, 2.05) is 12.1 Å². The summed E-state index contributed by atoms with van der Waals surface area (Å²) in [5.74, 6) is 0.290. The summed E-state index contributed by atoms with van der Waals surface area (Å²) in [6.45, 7) is 11.4. The zero-order valence-corrected chi connectivity index (χ0v) is 23.6. The average molecular weight is 568 g/mol. The van der Waals surface area contributed by atoms with Gasteiger partial charge in [0.2, 0.25) is 0 Å². The fourth-order valence-corrected chi connectivity index (χ4v) is 5.72. The Bertz CT molecular complexity index is 1400. The molecule has 0 spiro atoms. The number of nitrogens with one attached hydrogen (secondary N) is 1. The first-order valence-electron chi connectivity index (χ1n) is 13.4. The van der Waals surface area contributed by atoms with Crippen LogP contribution in [0.2, 0.25) is 10.0 Å². The Morgan fingerprint density at radius 1 is 1.08 bits per heavy atom. The van der Waals surface area contributed by atoms with Gasteiger partial charge >= 0.3 is 0 Å². The predicted molar refractivity (Wildman–Crippen MR) is 156 cm³/mol. The Balaban J connectivity index is 1.31. The van der Waals surface area contributed by atoms with Gasteiger partial charge in [0.05, 0.1) is 39.6 Å². The average Bonchev–Trinajstić information content (AvgIpc) is 2.95. The number of nitrogens with zero attached hydrogens (tertiary/aromatic N) is 5. The molecule has 1 fully saturated rings. The minimum atomic E-state index is -0.433. The second-order valence-corrected chi connectivity index (χ2v) is 10.7. The zero-order valence-electron chi connectivity index (χ0n) is 22.1. The van der Waals surface area contributed by atoms with E-state index in [0.717, 1.165) is 76.6 Å². The lowest BCUT2D eigenvalue weighted by Gasteiger charge is -2.34. The number of nitriles is 1. The van der Waals surface area contributed by atoms with E-state index in [9.17, 15) is 10.1 Å². The zero-order chi connectivity index (χ0) is 27.4. The molecule has 1 saturated heterocycles. The molecule has 5 rings (SSSR count). The number of hydrogen-bond acceptors (Lipinski definition) is 7. The molecule has 1 amide bonds. The molecule has 3 aromatic rings. The number of benzene rings is 2. The largest absolute Gasteiger partial charge is 0.490 e. The summed E-state index contributed by atoms with van der Waals surface area (Å²) in [4.78, 5) is 25.0. The van der Waals surface area contributed by atoms with Crippen molar-refractivity contribution in [2.45, 2.75) is 19.8 Å². The molecule has 2 aliphatic heterocycles. The standard InChI is InChI=1S/C29H32Cl2N6O2/c1-2-35-9-11-36(12-10-35)7-3-4-8-37-13-14-39-27-16-23-25(17-26(27)37)33-19-20(18-32)28(23)34-29(38)22-6-5-21(30)15-24(22)31/h5-6,15-17,19H,2-4,7-14H2,1H3,(H,33,34,38). The summed E-state index contributed by atoms with van der Waals surface area (Å²) >= 11 is 12.2. The molecular weight excluding hydrogens is 535 g/mol. The first-order valence-corrected chi connectivity index (χ1v) is 14.2. The predicted octanol–water partition coefficient (Wildman–Crippen LogP) is 5.28. The topological polar surface area (TPSA) is 84.7 Å². The summed E-state index contributed by atoms with van der Waals surface area (Å²) in [7, 11) is 0. The maximum atomic E-state index is 13.1. The van der Waals surface area contributed by atoms with Crippen molar-refractivity contribution >= 4 is 51.4 Å². The van der Waals surface area contributed by atoms with E-state index in [-0.39, 0.29) is 16.1 Å². The highest BCUT2D eigenvalue weighted by Gasteiger charge is 2.23. The van der Waals surface area contributed by atoms with Crippen LogP contribution < -0.4 is 15.0 Å². The molecule has 8 nitrogen and oxygen atoms in total. The lowest BCUT2D eigenvalue weighted by atomic mass is 10.1. The highest BCUT2D eigenvalue weighted by Crippen LogP contribution is 2.39. The monoisotopic (exact) mass is 566 g/mol. The Hall–Kier alpha value is -3.09. The minimum absolute atomic E-state index is 0.233. The van der Waals surface area contributed by atoms with Gasteiger partial charge in [0, 0.05) is 49.3 Å². The smallest absolute Gasteiger partial charge is 0.257 e. The normalized spacial score (nSPS) is 16.0. The van der Waals surface area contributed by atoms with Crippen molar-refractivity contribution in [2.24, 2.45) is 0 Å². The Kier molecular flexibility index (Phi) is 8.73. The van der Waals surface area contributed by atoms with Crippen LogP contribution in [0.3, 0.4) is 0 Å². The summed E-state index contributed by atoms with van der Waals surface area (Å²) in [6.07, 6.45) is 3.73. The van der Waals surface area contributed by atoms with Crippen LogP contribution in [0.25, 0.3) is 10.9 Å². The van der Waals surface area contributed by atoms with E-state index in [1.54, 1.807) is 12.1 Å². The molecule has 204 valence electrons. The minimum Gasteiger partial charge on any atom is -0.490 e. The number of amides is 1. The van der Waals surface area contributed by atoms with Crippen LogP contribution in [-0.2, 0) is 0 Å². The van der Waals surface area contributed by atoms with Crippen LogP contribution in [0.5, 0.6) is 5.75 Å². The maximum Gasteiger partial charge on any atom is 0.257 e. The van der Waals surface area contributed by atoms with Crippen molar-refractivity contribution in [2.75, 3.05) is 69.2 Å². The summed E-state index contributed by atoms with van der Waals surface area (Å²) in [5, 5.41) is 13.9. The molecule has 10 heteroatoms. The number of rotatable bonds is 8. The number of unbranched alkanes of at least 4 members (excludes halogenated alkanes) is 1. The Morgan fingerprint density at radius 3 is 2.59 bits per heavy atom. The SMILES string of the molecule is CCN1CCN(CCCCN2CCOc3cc4c(NC(=O)c5ccc(Cl)cc5Cl)c(C#N)cnc4cc32)CC1. The number of likely N-dealkylation sites (N-methyl/N-ethyl adjacent to an activating group) is 1. The second-order valence-electron chi connectivity index (χ2n) is 9.89. The molecule has 0 aliphatic carbocycles. The fraction of sp³-hybridized carbons (Fsp3) is 0.414. The molecule has 3 heterocycles. The molecule has 2 aromatic carbocycles. The molecule has 0 atom stereocenters. The maximum absolute atomic E-state index is 13.1. The van der Waals surface area contributed by atoms with Crippen LogP contribution in [-0.4, -0.2) is 79.7 Å². The number of ether oxygens (including phenoxy) is 1. The van der Waals surface area contributed by atoms with Gasteiger partial charge in [-0.15, -0.1) is 0 Å². The van der Waals surface area contributed by atoms with E-state index in [1.165, 1.54) is 12.3 Å². The number of fused-ring (bicyclic) bond motifs is 2. The van der Waals surface area contributed by atoms with Crippen LogP contribution in [0.15, 0.2) is 36.5 Å². The van der Waals surface area contributed by atoms with Gasteiger partial charge in [-0.25, -0.2) is 0 Å². The second kappa shape index (κ2) is 12.4. The van der Waals surface area contributed by atoms with Gasteiger partial charge in [-0.2, -0.15) is 5.26 Å². The van der Waals surface area contributed by atoms with E-state index in [0.29, 0.717) is 28.2 Å². The van der Waals surface area contributed by atoms with Crippen LogP contribution in [0.4, 0.5) is 11.4 Å². The van der Waals surface area contributed by atoms with Gasteiger partial charge in [-0.05, 0) is 56.3 Å². The van der Waals surface area contributed by atoms with Crippen molar-refractivity contribution in [3.8, 4) is 11.8 Å². The molecule has 0 radical (unpaired) electrons. The lowest BCUT2D eigenvalue weighted by molar-refractivity contribution is 0.102. The lowest BCUT2D eigenvalue weighted by Crippen LogP contribution is -2.46. The van der Waals surface area contributed by atoms with Crippen molar-refractivity contribution in [3.63, 3.8) is 0 Å². The number of carbonyl (C=O) groups is 1. The molecule has 39 heavy (non-hydrogen) atoms. The third-order valence-corrected chi connectivity index (χ3v) is 8.06. The van der Waals surface area contributed by atoms with Crippen molar-refractivity contribution < 1.29 is 9.53 Å². The van der Waals surface area contributed by atoms with Crippen LogP contribution in [0, 0.1) is 11.3 Å². The fourth-order valence-electron chi connectivity index (χ4n) is 5.23. The number of carbonyl (C=O) groups excluding carboxylic acids is 1. The van der Waals surface area contributed by atoms with Crippen molar-refractivity contribution in [3.05, 3.63) is 57.7 Å². The highest BCUT2D eigenvalue weighted by atomic mass is 35.5. The number of hydrogen-bond donors (Lipinski definition) is 1. The first-order chi connectivity index (χ1) is 19.0. The molecule has 2 aliphatic rings. The molecule has 1 aromatic heterocycles. The summed E-state index contributed by atoms with van der Waals surface area (Å²) < 4.78 is 6.02. The van der Waals surface area contributed by atoms with Gasteiger partial charge < -0.3 is 24.8 Å². The van der Waals surface area contributed by atoms with Crippen molar-refractivity contribution in [1.29, 1.82) is 5.26 Å². The number of aromatic nitrogens is 1. The molecular formula is C29H32Cl2N6O2. The Morgan fingerprint density at radius 2 is 1.85 bits per heavy atom. The van der Waals surface area contributed by atoms with Gasteiger partial charge in [-0.3, -0.25) is 9.78 Å². The van der Waals surface area contributed by atoms with Crippen LogP contribution >= 0.6 is 23.2 Å². The number of halogens is 2. The number of anilines is 2. The molecule has 0 bridgehead atoms. The third-order valence-electron chi connectivity index (χ3n) is 7.51. The van der Waals surface area contributed by atoms with Crippen LogP contribution in [0.1, 0.15) is 35.7 Å². The quantitative estimate of drug-likeness (QED) is 0.371. The number of piperazine rings is 1. The van der Waals surface area contributed by atoms with Crippen molar-refractivity contribution in [1.82, 2.24) is 14.8 Å². The van der Waals surface area contributed by atoms with E-state index < -0.39 is 5.91 Å². The summed E-state index contributed by atoms with van der Waals surface area (Å²) in [6, 6.07) is 10.7. The van der Waals surface area contributed by atoms with Gasteiger partial charge in [0.15, 0.2) is 0 Å². The van der Waals surface area contributed by atoms with Gasteiger partial charge in [0.1, 0.15) is 18.4 Å². The third kappa shape index (κ3) is 6.23. The van der Waals surface area contributed by atoms with E-state index in [4.69, 9.17) is 27.9 Å². The molecule has 0 saturated carbocycles. The Labute approximate surface area is 239 Å². The number of pyridine rings is 1. The van der Waals surface area contributed by atoms with E-state index in [2.05, 4.69) is 38.0 Å².